The molecular formula is C27H29FN4O. The Balaban J connectivity index is 1.49. The first-order valence-corrected chi connectivity index (χ1v) is 11.2. The van der Waals surface area contributed by atoms with Crippen molar-refractivity contribution >= 4 is 17.6 Å². The van der Waals surface area contributed by atoms with Crippen LogP contribution in [0.3, 0.4) is 0 Å². The van der Waals surface area contributed by atoms with E-state index in [1.54, 1.807) is 6.07 Å². The zero-order valence-electron chi connectivity index (χ0n) is 19.1. The fourth-order valence-corrected chi connectivity index (χ4v) is 3.86. The lowest BCUT2D eigenvalue weighted by Crippen LogP contribution is -2.53. The summed E-state index contributed by atoms with van der Waals surface area (Å²) in [4.78, 5) is 22.0. The van der Waals surface area contributed by atoms with Gasteiger partial charge in [-0.2, -0.15) is 0 Å². The van der Waals surface area contributed by atoms with E-state index >= 15 is 0 Å². The number of aryl methyl sites for hydroxylation is 2. The van der Waals surface area contributed by atoms with Crippen LogP contribution in [-0.2, 0) is 6.54 Å². The van der Waals surface area contributed by atoms with Crippen LogP contribution in [0.2, 0.25) is 0 Å². The van der Waals surface area contributed by atoms with Gasteiger partial charge in [-0.25, -0.2) is 9.38 Å². The van der Waals surface area contributed by atoms with Gasteiger partial charge in [-0.1, -0.05) is 48.0 Å². The van der Waals surface area contributed by atoms with Crippen molar-refractivity contribution in [3.63, 3.8) is 0 Å². The smallest absolute Gasteiger partial charge is 0.257 e. The molecule has 1 amide bonds. The lowest BCUT2D eigenvalue weighted by atomic mass is 10.1. The van der Waals surface area contributed by atoms with E-state index in [0.717, 1.165) is 29.9 Å². The minimum atomic E-state index is -0.185. The van der Waals surface area contributed by atoms with Crippen LogP contribution in [0.25, 0.3) is 0 Å². The van der Waals surface area contributed by atoms with Crippen LogP contribution in [0.15, 0.2) is 77.8 Å². The summed E-state index contributed by atoms with van der Waals surface area (Å²) < 4.78 is 14.1. The first-order valence-electron chi connectivity index (χ1n) is 11.2. The Labute approximate surface area is 194 Å². The number of piperazine rings is 1. The van der Waals surface area contributed by atoms with Gasteiger partial charge in [0.25, 0.3) is 5.91 Å². The third kappa shape index (κ3) is 6.05. The van der Waals surface area contributed by atoms with Crippen LogP contribution in [-0.4, -0.2) is 47.8 Å². The second kappa shape index (κ2) is 10.4. The summed E-state index contributed by atoms with van der Waals surface area (Å²) in [7, 11) is 0. The molecule has 1 fully saturated rings. The van der Waals surface area contributed by atoms with E-state index in [1.807, 2.05) is 74.5 Å². The van der Waals surface area contributed by atoms with Gasteiger partial charge in [0.15, 0.2) is 0 Å². The van der Waals surface area contributed by atoms with Crippen molar-refractivity contribution in [3.8, 4) is 0 Å². The average molecular weight is 445 g/mol. The van der Waals surface area contributed by atoms with Gasteiger partial charge < -0.3 is 4.90 Å². The fraction of sp³-hybridized carbons (Fsp3) is 0.259. The van der Waals surface area contributed by atoms with Gasteiger partial charge in [0.1, 0.15) is 5.82 Å². The summed E-state index contributed by atoms with van der Waals surface area (Å²) in [6.45, 7) is 7.46. The fourth-order valence-electron chi connectivity index (χ4n) is 3.86. The molecule has 1 heterocycles. The lowest BCUT2D eigenvalue weighted by molar-refractivity contribution is 0.0967. The molecular weight excluding hydrogens is 415 g/mol. The van der Waals surface area contributed by atoms with Crippen molar-refractivity contribution < 1.29 is 9.18 Å². The zero-order chi connectivity index (χ0) is 23.2. The summed E-state index contributed by atoms with van der Waals surface area (Å²) in [6, 6.07) is 22.3. The molecule has 0 aromatic heterocycles. The number of nitrogens with one attached hydrogen (secondary N) is 1. The molecule has 0 unspecified atom stereocenters. The van der Waals surface area contributed by atoms with Gasteiger partial charge in [0, 0.05) is 43.9 Å². The minimum Gasteiger partial charge on any atom is -0.340 e. The second-order valence-corrected chi connectivity index (χ2v) is 8.45. The molecule has 0 atom stereocenters. The van der Waals surface area contributed by atoms with E-state index in [2.05, 4.69) is 15.1 Å². The molecule has 5 nitrogen and oxygen atoms in total. The van der Waals surface area contributed by atoms with Crippen molar-refractivity contribution in [1.29, 1.82) is 0 Å². The summed E-state index contributed by atoms with van der Waals surface area (Å²) >= 11 is 0. The summed E-state index contributed by atoms with van der Waals surface area (Å²) in [5.41, 5.74) is 4.30. The predicted molar refractivity (Wildman–Crippen MR) is 130 cm³/mol. The van der Waals surface area contributed by atoms with Gasteiger partial charge >= 0.3 is 0 Å². The van der Waals surface area contributed by atoms with Crippen molar-refractivity contribution in [2.24, 2.45) is 4.99 Å². The van der Waals surface area contributed by atoms with Crippen LogP contribution in [0.4, 0.5) is 10.1 Å². The average Bonchev–Trinajstić information content (AvgIpc) is 2.81. The first-order chi connectivity index (χ1) is 16.0. The van der Waals surface area contributed by atoms with Crippen LogP contribution in [0.1, 0.15) is 27.0 Å². The topological polar surface area (TPSA) is 47.9 Å². The van der Waals surface area contributed by atoms with E-state index in [1.165, 1.54) is 6.07 Å². The molecule has 1 aliphatic rings. The predicted octanol–water partition coefficient (Wildman–Crippen LogP) is 4.68. The largest absolute Gasteiger partial charge is 0.340 e. The number of rotatable bonds is 4. The van der Waals surface area contributed by atoms with Crippen molar-refractivity contribution in [3.05, 3.63) is 101 Å². The third-order valence-electron chi connectivity index (χ3n) is 5.80. The Bertz CT molecular complexity index is 1130. The van der Waals surface area contributed by atoms with Crippen LogP contribution >= 0.6 is 0 Å². The van der Waals surface area contributed by atoms with E-state index in [4.69, 9.17) is 4.99 Å². The van der Waals surface area contributed by atoms with Gasteiger partial charge in [-0.3, -0.25) is 15.0 Å². The quantitative estimate of drug-likeness (QED) is 0.470. The molecule has 0 radical (unpaired) electrons. The number of hydrogen-bond donors (Lipinski definition) is 1. The summed E-state index contributed by atoms with van der Waals surface area (Å²) in [5.74, 6) is 0.180. The number of halogens is 1. The molecule has 4 rings (SSSR count). The molecule has 0 spiro atoms. The molecule has 1 saturated heterocycles. The molecule has 6 heteroatoms. The maximum atomic E-state index is 14.1. The number of hydrogen-bond acceptors (Lipinski definition) is 3. The Morgan fingerprint density at radius 2 is 1.64 bits per heavy atom. The van der Waals surface area contributed by atoms with E-state index in [9.17, 15) is 9.18 Å². The summed E-state index contributed by atoms with van der Waals surface area (Å²) in [5, 5.41) is 3.02. The number of amides is 1. The zero-order valence-corrected chi connectivity index (χ0v) is 19.1. The van der Waals surface area contributed by atoms with Gasteiger partial charge in [-0.15, -0.1) is 0 Å². The molecule has 0 saturated carbocycles. The summed E-state index contributed by atoms with van der Waals surface area (Å²) in [6.07, 6.45) is 0. The van der Waals surface area contributed by atoms with Crippen molar-refractivity contribution in [1.82, 2.24) is 15.1 Å². The third-order valence-corrected chi connectivity index (χ3v) is 5.80. The Hall–Kier alpha value is -3.51. The van der Waals surface area contributed by atoms with Gasteiger partial charge in [0.05, 0.1) is 5.69 Å². The molecule has 1 aliphatic heterocycles. The Kier molecular flexibility index (Phi) is 7.15. The van der Waals surface area contributed by atoms with Gasteiger partial charge in [0.2, 0.25) is 5.96 Å². The molecule has 0 bridgehead atoms. The number of carbonyl (C=O) groups excluding carboxylic acids is 1. The van der Waals surface area contributed by atoms with Crippen LogP contribution in [0, 0.1) is 19.7 Å². The Morgan fingerprint density at radius 3 is 2.33 bits per heavy atom. The minimum absolute atomic E-state index is 0.174. The first kappa shape index (κ1) is 22.7. The highest BCUT2D eigenvalue weighted by atomic mass is 19.1. The van der Waals surface area contributed by atoms with Crippen molar-refractivity contribution in [2.45, 2.75) is 20.4 Å². The molecule has 3 aromatic rings. The standard InChI is InChI=1S/C27H29FN4O/c1-20-10-12-22(13-11-20)26(33)30-27(29-24-8-5-6-21(2)18-24)32-16-14-31(15-17-32)19-23-7-3-4-9-25(23)28/h3-13,18H,14-17,19H2,1-2H3,(H,29,30,33). The molecule has 3 aromatic carbocycles. The SMILES string of the molecule is Cc1ccc(C(=O)NC(=Nc2cccc(C)c2)N2CCN(Cc3ccccc3F)CC2)cc1. The number of aliphatic imine (C=N–C) groups is 1. The van der Waals surface area contributed by atoms with Gasteiger partial charge in [-0.05, 0) is 49.7 Å². The monoisotopic (exact) mass is 444 g/mol. The number of carbonyl (C=O) groups is 1. The Morgan fingerprint density at radius 1 is 0.909 bits per heavy atom. The molecule has 170 valence electrons. The maximum absolute atomic E-state index is 14.1. The second-order valence-electron chi connectivity index (χ2n) is 8.45. The number of nitrogens with zero attached hydrogens (tertiary/aromatic N) is 3. The highest BCUT2D eigenvalue weighted by molar-refractivity contribution is 6.06. The van der Waals surface area contributed by atoms with E-state index in [-0.39, 0.29) is 11.7 Å². The lowest BCUT2D eigenvalue weighted by Gasteiger charge is -2.36. The van der Waals surface area contributed by atoms with Crippen molar-refractivity contribution in [2.75, 3.05) is 26.2 Å². The van der Waals surface area contributed by atoms with E-state index < -0.39 is 0 Å². The maximum Gasteiger partial charge on any atom is 0.257 e. The molecule has 0 aliphatic carbocycles. The van der Waals surface area contributed by atoms with E-state index in [0.29, 0.717) is 36.7 Å². The highest BCUT2D eigenvalue weighted by Gasteiger charge is 2.22. The number of guanidine groups is 1. The molecule has 1 N–H and O–H groups in total. The number of benzene rings is 3. The van der Waals surface area contributed by atoms with Crippen LogP contribution < -0.4 is 5.32 Å². The molecule has 33 heavy (non-hydrogen) atoms. The van der Waals surface area contributed by atoms with Crippen LogP contribution in [0.5, 0.6) is 0 Å². The highest BCUT2D eigenvalue weighted by Crippen LogP contribution is 2.16. The normalized spacial score (nSPS) is 14.9.